The Balaban J connectivity index is 1.71. The van der Waals surface area contributed by atoms with Gasteiger partial charge in [0.15, 0.2) is 0 Å². The minimum atomic E-state index is -0.288. The molecule has 0 spiro atoms. The van der Waals surface area contributed by atoms with Gasteiger partial charge in [-0.25, -0.2) is 19.8 Å². The molecule has 1 heterocycles. The summed E-state index contributed by atoms with van der Waals surface area (Å²) in [4.78, 5) is 9.10. The quantitative estimate of drug-likeness (QED) is 0.376. The van der Waals surface area contributed by atoms with Gasteiger partial charge in [0.05, 0.1) is 17.4 Å². The van der Waals surface area contributed by atoms with Crippen LogP contribution >= 0.6 is 11.6 Å². The van der Waals surface area contributed by atoms with Crippen molar-refractivity contribution < 1.29 is 4.39 Å². The molecule has 0 amide bonds. The standard InChI is InChI=1S/C21H14ClFN4/c22-16-8-11-19-18(12-16)20(15-4-2-1-3-5-15)26-21(25-19)27-24-13-14-6-9-17(23)10-7-14/h1-13H,(H,25,26,27). The van der Waals surface area contributed by atoms with Crippen molar-refractivity contribution >= 4 is 34.7 Å². The van der Waals surface area contributed by atoms with Gasteiger partial charge in [-0.3, -0.25) is 0 Å². The molecule has 3 aromatic carbocycles. The molecule has 4 aromatic rings. The van der Waals surface area contributed by atoms with Gasteiger partial charge in [-0.15, -0.1) is 0 Å². The largest absolute Gasteiger partial charge is 0.245 e. The fourth-order valence-corrected chi connectivity index (χ4v) is 2.85. The molecule has 0 saturated carbocycles. The fourth-order valence-electron chi connectivity index (χ4n) is 2.68. The first kappa shape index (κ1) is 17.1. The molecule has 1 aromatic heterocycles. The molecular formula is C21H14ClFN4. The van der Waals surface area contributed by atoms with Crippen LogP contribution in [-0.2, 0) is 0 Å². The molecule has 0 saturated heterocycles. The highest BCUT2D eigenvalue weighted by Crippen LogP contribution is 2.29. The molecule has 0 fully saturated rings. The summed E-state index contributed by atoms with van der Waals surface area (Å²) in [6, 6.07) is 21.3. The summed E-state index contributed by atoms with van der Waals surface area (Å²) in [5.41, 5.74) is 6.09. The predicted octanol–water partition coefficient (Wildman–Crippen LogP) is 5.54. The van der Waals surface area contributed by atoms with Crippen molar-refractivity contribution in [3.63, 3.8) is 0 Å². The Morgan fingerprint density at radius 2 is 1.70 bits per heavy atom. The summed E-state index contributed by atoms with van der Waals surface area (Å²) >= 11 is 6.16. The van der Waals surface area contributed by atoms with Gasteiger partial charge in [-0.05, 0) is 35.9 Å². The summed E-state index contributed by atoms with van der Waals surface area (Å²) < 4.78 is 13.0. The summed E-state index contributed by atoms with van der Waals surface area (Å²) in [5.74, 6) is 0.0752. The lowest BCUT2D eigenvalue weighted by molar-refractivity contribution is 0.628. The minimum absolute atomic E-state index is 0.288. The topological polar surface area (TPSA) is 50.2 Å². The molecule has 1 N–H and O–H groups in total. The van der Waals surface area contributed by atoms with E-state index in [4.69, 9.17) is 11.6 Å². The van der Waals surface area contributed by atoms with Crippen LogP contribution in [-0.4, -0.2) is 16.2 Å². The Bertz CT molecular complexity index is 1110. The van der Waals surface area contributed by atoms with Gasteiger partial charge in [-0.2, -0.15) is 5.10 Å². The van der Waals surface area contributed by atoms with E-state index in [9.17, 15) is 4.39 Å². The second-order valence-electron chi connectivity index (χ2n) is 5.84. The first-order valence-electron chi connectivity index (χ1n) is 8.26. The molecule has 0 aliphatic carbocycles. The SMILES string of the molecule is Fc1ccc(C=NNc2nc(-c3ccccc3)c3cc(Cl)ccc3n2)cc1. The van der Waals surface area contributed by atoms with Gasteiger partial charge in [0, 0.05) is 16.0 Å². The van der Waals surface area contributed by atoms with E-state index < -0.39 is 0 Å². The summed E-state index contributed by atoms with van der Waals surface area (Å²) in [7, 11) is 0. The van der Waals surface area contributed by atoms with E-state index in [0.29, 0.717) is 11.0 Å². The van der Waals surface area contributed by atoms with Crippen molar-refractivity contribution in [2.75, 3.05) is 5.43 Å². The zero-order chi connectivity index (χ0) is 18.6. The van der Waals surface area contributed by atoms with Crippen LogP contribution in [0.2, 0.25) is 5.02 Å². The molecule has 27 heavy (non-hydrogen) atoms. The van der Waals surface area contributed by atoms with Gasteiger partial charge in [0.1, 0.15) is 5.82 Å². The Kier molecular flexibility index (Phi) is 4.77. The monoisotopic (exact) mass is 376 g/mol. The highest BCUT2D eigenvalue weighted by atomic mass is 35.5. The van der Waals surface area contributed by atoms with Gasteiger partial charge in [-0.1, -0.05) is 54.1 Å². The maximum atomic E-state index is 13.0. The summed E-state index contributed by atoms with van der Waals surface area (Å²) in [5, 5.41) is 5.64. The van der Waals surface area contributed by atoms with Crippen molar-refractivity contribution in [3.8, 4) is 11.3 Å². The zero-order valence-electron chi connectivity index (χ0n) is 14.1. The van der Waals surface area contributed by atoms with E-state index in [1.807, 2.05) is 42.5 Å². The van der Waals surface area contributed by atoms with Crippen molar-refractivity contribution in [2.45, 2.75) is 0 Å². The third-order valence-corrected chi connectivity index (χ3v) is 4.19. The molecule has 0 bridgehead atoms. The molecule has 0 aliphatic heterocycles. The molecule has 6 heteroatoms. The van der Waals surface area contributed by atoms with Crippen molar-refractivity contribution in [1.29, 1.82) is 0 Å². The maximum Gasteiger partial charge on any atom is 0.244 e. The lowest BCUT2D eigenvalue weighted by Gasteiger charge is -2.09. The highest BCUT2D eigenvalue weighted by Gasteiger charge is 2.10. The molecule has 4 nitrogen and oxygen atoms in total. The molecule has 4 rings (SSSR count). The molecule has 132 valence electrons. The normalized spacial score (nSPS) is 11.2. The second-order valence-corrected chi connectivity index (χ2v) is 6.28. The van der Waals surface area contributed by atoms with Crippen LogP contribution in [0.1, 0.15) is 5.56 Å². The van der Waals surface area contributed by atoms with Crippen LogP contribution in [0.3, 0.4) is 0 Å². The van der Waals surface area contributed by atoms with Gasteiger partial charge < -0.3 is 0 Å². The van der Waals surface area contributed by atoms with E-state index in [2.05, 4.69) is 20.5 Å². The third-order valence-electron chi connectivity index (χ3n) is 3.95. The van der Waals surface area contributed by atoms with Crippen molar-refractivity contribution in [3.05, 3.63) is 89.2 Å². The number of halogens is 2. The average molecular weight is 377 g/mol. The van der Waals surface area contributed by atoms with Gasteiger partial charge in [0.25, 0.3) is 0 Å². The van der Waals surface area contributed by atoms with Crippen molar-refractivity contribution in [1.82, 2.24) is 9.97 Å². The smallest absolute Gasteiger partial charge is 0.244 e. The molecule has 0 aliphatic rings. The van der Waals surface area contributed by atoms with E-state index >= 15 is 0 Å². The zero-order valence-corrected chi connectivity index (χ0v) is 14.9. The summed E-state index contributed by atoms with van der Waals surface area (Å²) in [6.07, 6.45) is 1.58. The number of nitrogens with zero attached hydrogens (tertiary/aromatic N) is 3. The predicted molar refractivity (Wildman–Crippen MR) is 108 cm³/mol. The number of anilines is 1. The Labute approximate surface area is 160 Å². The number of nitrogens with one attached hydrogen (secondary N) is 1. The first-order valence-corrected chi connectivity index (χ1v) is 8.64. The first-order chi connectivity index (χ1) is 13.2. The van der Waals surface area contributed by atoms with E-state index in [1.54, 1.807) is 24.4 Å². The van der Waals surface area contributed by atoms with Crippen LogP contribution in [0.15, 0.2) is 77.9 Å². The van der Waals surface area contributed by atoms with Crippen LogP contribution in [0.5, 0.6) is 0 Å². The molecule has 0 radical (unpaired) electrons. The van der Waals surface area contributed by atoms with Crippen molar-refractivity contribution in [2.24, 2.45) is 5.10 Å². The fraction of sp³-hybridized carbons (Fsp3) is 0. The Morgan fingerprint density at radius 1 is 0.926 bits per heavy atom. The van der Waals surface area contributed by atoms with Crippen LogP contribution < -0.4 is 5.43 Å². The van der Waals surface area contributed by atoms with Gasteiger partial charge >= 0.3 is 0 Å². The number of rotatable bonds is 4. The second kappa shape index (κ2) is 7.51. The van der Waals surface area contributed by atoms with Crippen LogP contribution in [0, 0.1) is 5.82 Å². The lowest BCUT2D eigenvalue weighted by atomic mass is 10.1. The number of hydrogen-bond donors (Lipinski definition) is 1. The number of aromatic nitrogens is 2. The Hall–Kier alpha value is -3.31. The number of hydrogen-bond acceptors (Lipinski definition) is 4. The van der Waals surface area contributed by atoms with E-state index in [0.717, 1.165) is 27.7 Å². The van der Waals surface area contributed by atoms with Gasteiger partial charge in [0.2, 0.25) is 5.95 Å². The van der Waals surface area contributed by atoms with Crippen LogP contribution in [0.25, 0.3) is 22.2 Å². The average Bonchev–Trinajstić information content (AvgIpc) is 2.70. The van der Waals surface area contributed by atoms with Crippen LogP contribution in [0.4, 0.5) is 10.3 Å². The van der Waals surface area contributed by atoms with E-state index in [1.165, 1.54) is 12.1 Å². The molecular weight excluding hydrogens is 363 g/mol. The summed E-state index contributed by atoms with van der Waals surface area (Å²) in [6.45, 7) is 0. The molecule has 0 atom stereocenters. The third kappa shape index (κ3) is 3.93. The number of hydrazone groups is 1. The molecule has 0 unspecified atom stereocenters. The number of fused-ring (bicyclic) bond motifs is 1. The Morgan fingerprint density at radius 3 is 2.48 bits per heavy atom. The minimum Gasteiger partial charge on any atom is -0.245 e. The number of benzene rings is 3. The highest BCUT2D eigenvalue weighted by molar-refractivity contribution is 6.31. The van der Waals surface area contributed by atoms with E-state index in [-0.39, 0.29) is 5.82 Å². The lowest BCUT2D eigenvalue weighted by Crippen LogP contribution is -2.00. The maximum absolute atomic E-state index is 13.0.